The molecule has 1 N–H and O–H groups in total. The number of thioether (sulfide) groups is 1. The Bertz CT molecular complexity index is 749. The number of hydrogen-bond donors (Lipinski definition) is 1. The smallest absolute Gasteiger partial charge is 0.316 e. The maximum absolute atomic E-state index is 13.6. The van der Waals surface area contributed by atoms with E-state index in [2.05, 4.69) is 5.32 Å². The van der Waals surface area contributed by atoms with Crippen molar-refractivity contribution in [2.24, 2.45) is 0 Å². The zero-order valence-corrected chi connectivity index (χ0v) is 14.7. The third kappa shape index (κ3) is 6.11. The lowest BCUT2D eigenvalue weighted by Crippen LogP contribution is -2.22. The number of rotatable bonds is 7. The Hall–Kier alpha value is -2.54. The fourth-order valence-electron chi connectivity index (χ4n) is 1.91. The summed E-state index contributed by atoms with van der Waals surface area (Å²) in [6, 6.07) is 11.7. The molecule has 0 heterocycles. The predicted octanol–water partition coefficient (Wildman–Crippen LogP) is 3.42. The van der Waals surface area contributed by atoms with Crippen LogP contribution in [0.3, 0.4) is 0 Å². The summed E-state index contributed by atoms with van der Waals surface area (Å²) < 4.78 is 23.6. The normalized spacial score (nSPS) is 10.2. The van der Waals surface area contributed by atoms with Gasteiger partial charge in [0.25, 0.3) is 5.91 Å². The first kappa shape index (κ1) is 18.8. The summed E-state index contributed by atoms with van der Waals surface area (Å²) in [5.41, 5.74) is 0.803. The highest BCUT2D eigenvalue weighted by Gasteiger charge is 2.11. The number of ether oxygens (including phenoxy) is 2. The molecule has 5 nitrogen and oxygen atoms in total. The topological polar surface area (TPSA) is 64.6 Å². The lowest BCUT2D eigenvalue weighted by atomic mass is 10.2. The average molecular weight is 363 g/mol. The van der Waals surface area contributed by atoms with Crippen LogP contribution >= 0.6 is 11.8 Å². The molecule has 25 heavy (non-hydrogen) atoms. The monoisotopic (exact) mass is 363 g/mol. The van der Waals surface area contributed by atoms with Crippen molar-refractivity contribution in [3.8, 4) is 5.75 Å². The van der Waals surface area contributed by atoms with Gasteiger partial charge in [0.1, 0.15) is 11.6 Å². The van der Waals surface area contributed by atoms with Gasteiger partial charge in [-0.2, -0.15) is 0 Å². The summed E-state index contributed by atoms with van der Waals surface area (Å²) >= 11 is 1.29. The molecule has 2 aromatic carbocycles. The summed E-state index contributed by atoms with van der Waals surface area (Å²) in [7, 11) is 1.58. The molecule has 2 rings (SSSR count). The SMILES string of the molecule is COc1ccc(SCC(=O)OCC(=O)Nc2ccc(C)cc2F)cc1. The maximum atomic E-state index is 13.6. The summed E-state index contributed by atoms with van der Waals surface area (Å²) in [6.07, 6.45) is 0. The number of aryl methyl sites for hydroxylation is 1. The van der Waals surface area contributed by atoms with Gasteiger partial charge in [0.15, 0.2) is 6.61 Å². The van der Waals surface area contributed by atoms with Crippen molar-refractivity contribution < 1.29 is 23.5 Å². The standard InChI is InChI=1S/C18H18FNO4S/c1-12-3-8-16(15(19)9-12)20-17(21)10-24-18(22)11-25-14-6-4-13(23-2)5-7-14/h3-9H,10-11H2,1-2H3,(H,20,21). The van der Waals surface area contributed by atoms with Crippen LogP contribution in [0.1, 0.15) is 5.56 Å². The van der Waals surface area contributed by atoms with Crippen molar-refractivity contribution in [1.29, 1.82) is 0 Å². The number of nitrogens with one attached hydrogen (secondary N) is 1. The molecule has 2 aromatic rings. The molecule has 0 fully saturated rings. The quantitative estimate of drug-likeness (QED) is 0.603. The number of carbonyl (C=O) groups is 2. The van der Waals surface area contributed by atoms with Crippen LogP contribution in [0.25, 0.3) is 0 Å². The third-order valence-electron chi connectivity index (χ3n) is 3.18. The first-order chi connectivity index (χ1) is 12.0. The lowest BCUT2D eigenvalue weighted by molar-refractivity contribution is -0.144. The molecule has 132 valence electrons. The van der Waals surface area contributed by atoms with Crippen LogP contribution < -0.4 is 10.1 Å². The molecular weight excluding hydrogens is 345 g/mol. The first-order valence-corrected chi connectivity index (χ1v) is 8.45. The number of methoxy groups -OCH3 is 1. The fourth-order valence-corrected chi connectivity index (χ4v) is 2.61. The number of benzene rings is 2. The fraction of sp³-hybridized carbons (Fsp3) is 0.222. The van der Waals surface area contributed by atoms with E-state index in [0.717, 1.165) is 16.2 Å². The molecule has 7 heteroatoms. The second kappa shape index (κ2) is 9.08. The number of esters is 1. The highest BCUT2D eigenvalue weighted by atomic mass is 32.2. The molecule has 0 aliphatic heterocycles. The predicted molar refractivity (Wildman–Crippen MR) is 94.4 cm³/mol. The van der Waals surface area contributed by atoms with Crippen LogP contribution in [0.4, 0.5) is 10.1 Å². The third-order valence-corrected chi connectivity index (χ3v) is 4.16. The Labute approximate surface area is 149 Å². The Kier molecular flexibility index (Phi) is 6.82. The number of carbonyl (C=O) groups excluding carboxylic acids is 2. The molecular formula is C18H18FNO4S. The van der Waals surface area contributed by atoms with E-state index in [4.69, 9.17) is 9.47 Å². The molecule has 0 radical (unpaired) electrons. The minimum atomic E-state index is -0.592. The zero-order chi connectivity index (χ0) is 18.2. The molecule has 0 saturated carbocycles. The number of amides is 1. The highest BCUT2D eigenvalue weighted by molar-refractivity contribution is 8.00. The summed E-state index contributed by atoms with van der Waals surface area (Å²) in [4.78, 5) is 24.3. The van der Waals surface area contributed by atoms with E-state index in [1.165, 1.54) is 23.9 Å². The van der Waals surface area contributed by atoms with Gasteiger partial charge in [-0.1, -0.05) is 6.07 Å². The number of anilines is 1. The van der Waals surface area contributed by atoms with Crippen molar-refractivity contribution in [2.45, 2.75) is 11.8 Å². The molecule has 0 aromatic heterocycles. The minimum Gasteiger partial charge on any atom is -0.497 e. The van der Waals surface area contributed by atoms with E-state index in [-0.39, 0.29) is 11.4 Å². The summed E-state index contributed by atoms with van der Waals surface area (Å²) in [6.45, 7) is 1.28. The van der Waals surface area contributed by atoms with Gasteiger partial charge in [0.05, 0.1) is 18.6 Å². The highest BCUT2D eigenvalue weighted by Crippen LogP contribution is 2.21. The van der Waals surface area contributed by atoms with Crippen molar-refractivity contribution in [2.75, 3.05) is 24.8 Å². The number of hydrogen-bond acceptors (Lipinski definition) is 5. The van der Waals surface area contributed by atoms with Crippen LogP contribution in [0.15, 0.2) is 47.4 Å². The maximum Gasteiger partial charge on any atom is 0.316 e. The van der Waals surface area contributed by atoms with Crippen LogP contribution in [0.5, 0.6) is 5.75 Å². The van der Waals surface area contributed by atoms with Gasteiger partial charge in [0, 0.05) is 4.90 Å². The van der Waals surface area contributed by atoms with Gasteiger partial charge in [0.2, 0.25) is 0 Å². The van der Waals surface area contributed by atoms with Gasteiger partial charge in [-0.3, -0.25) is 9.59 Å². The minimum absolute atomic E-state index is 0.0549. The Balaban J connectivity index is 1.74. The second-order valence-corrected chi connectivity index (χ2v) is 6.21. The van der Waals surface area contributed by atoms with E-state index in [1.54, 1.807) is 32.2 Å². The molecule has 1 amide bonds. The zero-order valence-electron chi connectivity index (χ0n) is 13.9. The molecule has 0 aliphatic carbocycles. The van der Waals surface area contributed by atoms with E-state index < -0.39 is 24.3 Å². The molecule has 0 saturated heterocycles. The van der Waals surface area contributed by atoms with E-state index in [9.17, 15) is 14.0 Å². The van der Waals surface area contributed by atoms with E-state index >= 15 is 0 Å². The average Bonchev–Trinajstić information content (AvgIpc) is 2.61. The summed E-state index contributed by atoms with van der Waals surface area (Å²) in [5, 5.41) is 2.37. The van der Waals surface area contributed by atoms with Crippen LogP contribution in [-0.2, 0) is 14.3 Å². The Morgan fingerprint density at radius 1 is 1.16 bits per heavy atom. The van der Waals surface area contributed by atoms with E-state index in [0.29, 0.717) is 0 Å². The lowest BCUT2D eigenvalue weighted by Gasteiger charge is -2.08. The molecule has 0 atom stereocenters. The first-order valence-electron chi connectivity index (χ1n) is 7.46. The largest absolute Gasteiger partial charge is 0.497 e. The van der Waals surface area contributed by atoms with Gasteiger partial charge >= 0.3 is 5.97 Å². The molecule has 0 unspecified atom stereocenters. The van der Waals surface area contributed by atoms with Crippen molar-refractivity contribution in [3.63, 3.8) is 0 Å². The Morgan fingerprint density at radius 3 is 2.52 bits per heavy atom. The van der Waals surface area contributed by atoms with Gasteiger partial charge in [-0.25, -0.2) is 4.39 Å². The van der Waals surface area contributed by atoms with Crippen LogP contribution in [0.2, 0.25) is 0 Å². The Morgan fingerprint density at radius 2 is 1.88 bits per heavy atom. The van der Waals surface area contributed by atoms with E-state index in [1.807, 2.05) is 12.1 Å². The molecule has 0 spiro atoms. The van der Waals surface area contributed by atoms with Crippen molar-refractivity contribution >= 4 is 29.3 Å². The molecule has 0 bridgehead atoms. The summed E-state index contributed by atoms with van der Waals surface area (Å²) in [5.74, 6) is -0.856. The van der Waals surface area contributed by atoms with Crippen molar-refractivity contribution in [1.82, 2.24) is 0 Å². The van der Waals surface area contributed by atoms with Crippen molar-refractivity contribution in [3.05, 3.63) is 53.8 Å². The van der Waals surface area contributed by atoms with Gasteiger partial charge < -0.3 is 14.8 Å². The van der Waals surface area contributed by atoms with Crippen LogP contribution in [0, 0.1) is 12.7 Å². The molecule has 0 aliphatic rings. The van der Waals surface area contributed by atoms with Gasteiger partial charge in [-0.15, -0.1) is 11.8 Å². The van der Waals surface area contributed by atoms with Crippen LogP contribution in [-0.4, -0.2) is 31.3 Å². The second-order valence-electron chi connectivity index (χ2n) is 5.16. The number of halogens is 1. The van der Waals surface area contributed by atoms with Gasteiger partial charge in [-0.05, 0) is 48.9 Å².